The van der Waals surface area contributed by atoms with Gasteiger partial charge in [-0.05, 0) is 42.0 Å². The Balaban J connectivity index is 1.67. The lowest BCUT2D eigenvalue weighted by atomic mass is 10.2. The molecule has 0 aliphatic carbocycles. The Hall–Kier alpha value is -1.91. The van der Waals surface area contributed by atoms with Crippen molar-refractivity contribution in [2.24, 2.45) is 5.10 Å². The first-order valence-electron chi connectivity index (χ1n) is 8.38. The van der Waals surface area contributed by atoms with Crippen LogP contribution < -0.4 is 10.2 Å². The summed E-state index contributed by atoms with van der Waals surface area (Å²) >= 11 is 24.4. The number of hydrogen-bond donors (Lipinski definition) is 1. The van der Waals surface area contributed by atoms with Crippen molar-refractivity contribution in [3.8, 4) is 5.75 Å². The third-order valence-corrected chi connectivity index (χ3v) is 5.08. The highest BCUT2D eigenvalue weighted by Crippen LogP contribution is 2.25. The maximum atomic E-state index is 6.20. The lowest BCUT2D eigenvalue weighted by molar-refractivity contribution is 0.306. The average molecular weight is 454 g/mol. The molecule has 0 spiro atoms. The molecule has 0 aromatic heterocycles. The van der Waals surface area contributed by atoms with E-state index in [9.17, 15) is 0 Å². The zero-order chi connectivity index (χ0) is 19.9. The van der Waals surface area contributed by atoms with Crippen molar-refractivity contribution in [1.29, 1.82) is 0 Å². The van der Waals surface area contributed by atoms with E-state index in [0.717, 1.165) is 16.7 Å². The third-order valence-electron chi connectivity index (χ3n) is 3.89. The number of benzene rings is 3. The summed E-state index contributed by atoms with van der Waals surface area (Å²) in [5.74, 6) is 0.638. The number of nitrogens with one attached hydrogen (secondary N) is 1. The fraction of sp³-hybridized carbons (Fsp3) is 0.0952. The predicted octanol–water partition coefficient (Wildman–Crippen LogP) is 7.00. The van der Waals surface area contributed by atoms with E-state index in [1.165, 1.54) is 0 Å². The molecule has 0 heterocycles. The third kappa shape index (κ3) is 5.79. The van der Waals surface area contributed by atoms with Crippen LogP contribution in [0.25, 0.3) is 0 Å². The molecule has 0 aliphatic heterocycles. The van der Waals surface area contributed by atoms with E-state index < -0.39 is 0 Å². The van der Waals surface area contributed by atoms with E-state index in [2.05, 4.69) is 10.5 Å². The van der Waals surface area contributed by atoms with E-state index in [1.807, 2.05) is 30.3 Å². The lowest BCUT2D eigenvalue weighted by Gasteiger charge is -2.11. The molecule has 0 saturated heterocycles. The van der Waals surface area contributed by atoms with Crippen LogP contribution in [-0.2, 0) is 13.2 Å². The quantitative estimate of drug-likeness (QED) is 0.308. The van der Waals surface area contributed by atoms with Crippen LogP contribution in [0.1, 0.15) is 16.7 Å². The molecule has 28 heavy (non-hydrogen) atoms. The minimum absolute atomic E-state index is 0.297. The van der Waals surface area contributed by atoms with Gasteiger partial charge in [-0.15, -0.1) is 0 Å². The second-order valence-corrected chi connectivity index (χ2v) is 7.58. The highest BCUT2D eigenvalue weighted by atomic mass is 35.5. The van der Waals surface area contributed by atoms with Crippen molar-refractivity contribution in [2.75, 3.05) is 0 Å². The summed E-state index contributed by atoms with van der Waals surface area (Å²) in [6.07, 6.45) is 1.65. The first-order valence-corrected chi connectivity index (χ1v) is 9.90. The molecule has 0 saturated carbocycles. The van der Waals surface area contributed by atoms with Crippen LogP contribution in [0, 0.1) is 0 Å². The van der Waals surface area contributed by atoms with Gasteiger partial charge in [-0.25, -0.2) is 0 Å². The van der Waals surface area contributed by atoms with Crippen LogP contribution in [0.3, 0.4) is 0 Å². The number of hydrazone groups is 1. The summed E-state index contributed by atoms with van der Waals surface area (Å²) < 4.78 is 5.91. The Morgan fingerprint density at radius 3 is 2.36 bits per heavy atom. The molecule has 0 aliphatic rings. The molecule has 3 aromatic carbocycles. The molecule has 1 N–H and O–H groups in total. The zero-order valence-corrected chi connectivity index (χ0v) is 17.7. The zero-order valence-electron chi connectivity index (χ0n) is 14.6. The largest absolute Gasteiger partial charge is 0.488 e. The summed E-state index contributed by atoms with van der Waals surface area (Å²) in [6.45, 7) is 0.804. The Labute approximate surface area is 183 Å². The van der Waals surface area contributed by atoms with Crippen LogP contribution >= 0.6 is 46.4 Å². The average Bonchev–Trinajstić information content (AvgIpc) is 2.67. The van der Waals surface area contributed by atoms with Crippen molar-refractivity contribution in [3.05, 3.63) is 97.4 Å². The number of ether oxygens (including phenoxy) is 1. The molecule has 0 unspecified atom stereocenters. The molecule has 0 bridgehead atoms. The molecule has 0 amide bonds. The molecule has 144 valence electrons. The van der Waals surface area contributed by atoms with Gasteiger partial charge in [-0.3, -0.25) is 0 Å². The van der Waals surface area contributed by atoms with Crippen LogP contribution in [0.2, 0.25) is 20.1 Å². The van der Waals surface area contributed by atoms with Gasteiger partial charge in [-0.2, -0.15) is 5.10 Å². The van der Waals surface area contributed by atoms with Crippen LogP contribution in [0.5, 0.6) is 5.75 Å². The van der Waals surface area contributed by atoms with E-state index in [4.69, 9.17) is 51.1 Å². The van der Waals surface area contributed by atoms with Gasteiger partial charge in [0.1, 0.15) is 12.4 Å². The maximum Gasteiger partial charge on any atom is 0.128 e. The Kier molecular flexibility index (Phi) is 7.46. The molecule has 0 fully saturated rings. The Bertz CT molecular complexity index is 992. The van der Waals surface area contributed by atoms with Gasteiger partial charge in [0.05, 0.1) is 12.8 Å². The van der Waals surface area contributed by atoms with E-state index in [1.54, 1.807) is 36.5 Å². The first-order chi connectivity index (χ1) is 13.5. The van der Waals surface area contributed by atoms with Crippen molar-refractivity contribution >= 4 is 52.6 Å². The number of hydrogen-bond acceptors (Lipinski definition) is 3. The second kappa shape index (κ2) is 10.0. The van der Waals surface area contributed by atoms with E-state index in [-0.39, 0.29) is 0 Å². The highest BCUT2D eigenvalue weighted by Gasteiger charge is 2.06. The maximum absolute atomic E-state index is 6.20. The molecule has 3 aromatic rings. The van der Waals surface area contributed by atoms with Crippen molar-refractivity contribution in [1.82, 2.24) is 5.43 Å². The van der Waals surface area contributed by atoms with Crippen molar-refractivity contribution in [2.45, 2.75) is 13.2 Å². The second-order valence-electron chi connectivity index (χ2n) is 5.89. The van der Waals surface area contributed by atoms with Gasteiger partial charge >= 0.3 is 0 Å². The minimum Gasteiger partial charge on any atom is -0.488 e. The summed E-state index contributed by atoms with van der Waals surface area (Å²) in [7, 11) is 0. The van der Waals surface area contributed by atoms with Gasteiger partial charge in [0, 0.05) is 31.2 Å². The molecule has 3 rings (SSSR count). The van der Waals surface area contributed by atoms with Crippen molar-refractivity contribution in [3.63, 3.8) is 0 Å². The SMILES string of the molecule is Clc1ccc(COc2ccc(Cl)cc2/C=N\NCc2ccccc2Cl)c(Cl)c1. The van der Waals surface area contributed by atoms with Crippen LogP contribution in [-0.4, -0.2) is 6.21 Å². The molecule has 3 nitrogen and oxygen atoms in total. The number of rotatable bonds is 7. The van der Waals surface area contributed by atoms with Gasteiger partial charge in [0.2, 0.25) is 0 Å². The first kappa shape index (κ1) is 20.8. The predicted molar refractivity (Wildman–Crippen MR) is 118 cm³/mol. The topological polar surface area (TPSA) is 33.6 Å². The van der Waals surface area contributed by atoms with Gasteiger partial charge in [0.25, 0.3) is 0 Å². The molecular formula is C21H16Cl4N2O. The van der Waals surface area contributed by atoms with Gasteiger partial charge in [-0.1, -0.05) is 70.7 Å². The fourth-order valence-corrected chi connectivity index (χ4v) is 3.28. The standard InChI is InChI=1S/C21H16Cl4N2O/c22-17-7-8-21(28-13-15-5-6-18(23)10-20(15)25)16(9-17)12-27-26-11-14-3-1-2-4-19(14)24/h1-10,12,26H,11,13H2/b27-12-. The highest BCUT2D eigenvalue weighted by molar-refractivity contribution is 6.35. The molecule has 0 radical (unpaired) electrons. The van der Waals surface area contributed by atoms with Gasteiger partial charge < -0.3 is 10.2 Å². The van der Waals surface area contributed by atoms with Crippen molar-refractivity contribution < 1.29 is 4.74 Å². The normalized spacial score (nSPS) is 11.0. The lowest BCUT2D eigenvalue weighted by Crippen LogP contribution is -2.06. The smallest absolute Gasteiger partial charge is 0.128 e. The van der Waals surface area contributed by atoms with E-state index >= 15 is 0 Å². The minimum atomic E-state index is 0.297. The molecule has 0 atom stereocenters. The van der Waals surface area contributed by atoms with Gasteiger partial charge in [0.15, 0.2) is 0 Å². The van der Waals surface area contributed by atoms with E-state index in [0.29, 0.717) is 39.0 Å². The summed E-state index contributed by atoms with van der Waals surface area (Å²) in [5.41, 5.74) is 5.51. The summed E-state index contributed by atoms with van der Waals surface area (Å²) in [6, 6.07) is 18.2. The van der Waals surface area contributed by atoms with Crippen LogP contribution in [0.4, 0.5) is 0 Å². The molecule has 7 heteroatoms. The Morgan fingerprint density at radius 1 is 0.821 bits per heavy atom. The van der Waals surface area contributed by atoms with Crippen LogP contribution in [0.15, 0.2) is 65.8 Å². The molecular weight excluding hydrogens is 438 g/mol. The number of nitrogens with zero attached hydrogens (tertiary/aromatic N) is 1. The monoisotopic (exact) mass is 452 g/mol. The summed E-state index contributed by atoms with van der Waals surface area (Å²) in [5, 5.41) is 6.66. The number of halogens is 4. The summed E-state index contributed by atoms with van der Waals surface area (Å²) in [4.78, 5) is 0. The fourth-order valence-electron chi connectivity index (χ4n) is 2.43. The Morgan fingerprint density at radius 2 is 1.57 bits per heavy atom.